The van der Waals surface area contributed by atoms with Crippen LogP contribution in [-0.2, 0) is 14.3 Å². The van der Waals surface area contributed by atoms with Gasteiger partial charge in [0.1, 0.15) is 11.4 Å². The molecule has 2 heterocycles. The van der Waals surface area contributed by atoms with Crippen molar-refractivity contribution in [2.24, 2.45) is 11.8 Å². The van der Waals surface area contributed by atoms with Gasteiger partial charge in [0.2, 0.25) is 0 Å². The van der Waals surface area contributed by atoms with Crippen LogP contribution in [0.25, 0.3) is 0 Å². The molecule has 0 aromatic rings. The quantitative estimate of drug-likeness (QED) is 0.783. The molecule has 2 aliphatic heterocycles. The van der Waals surface area contributed by atoms with Gasteiger partial charge in [-0.05, 0) is 19.1 Å². The molecule has 0 spiro atoms. The largest absolute Gasteiger partial charge is 0.363 e. The van der Waals surface area contributed by atoms with Crippen molar-refractivity contribution in [2.45, 2.75) is 57.2 Å². The fourth-order valence-corrected chi connectivity index (χ4v) is 4.74. The number of hydrogen-bond acceptors (Lipinski definition) is 5. The van der Waals surface area contributed by atoms with E-state index in [9.17, 15) is 9.90 Å². The van der Waals surface area contributed by atoms with Crippen LogP contribution in [0.15, 0.2) is 0 Å². The number of aliphatic hydroxyl groups is 1. The molecule has 3 bridgehead atoms. The van der Waals surface area contributed by atoms with E-state index in [4.69, 9.17) is 9.47 Å². The van der Waals surface area contributed by atoms with Crippen molar-refractivity contribution in [3.05, 3.63) is 0 Å². The Bertz CT molecular complexity index is 388. The summed E-state index contributed by atoms with van der Waals surface area (Å²) in [6.45, 7) is 3.98. The van der Waals surface area contributed by atoms with Gasteiger partial charge in [0, 0.05) is 30.4 Å². The zero-order chi connectivity index (χ0) is 13.7. The number of fused-ring (bicyclic) bond motifs is 2. The number of rotatable bonds is 5. The summed E-state index contributed by atoms with van der Waals surface area (Å²) in [5.41, 5.74) is -0.839. The molecular weight excluding hydrogens is 264 g/mol. The lowest BCUT2D eigenvalue weighted by Crippen LogP contribution is -2.59. The summed E-state index contributed by atoms with van der Waals surface area (Å²) in [6.07, 6.45) is 2.66. The van der Waals surface area contributed by atoms with E-state index in [1.54, 1.807) is 6.92 Å². The van der Waals surface area contributed by atoms with E-state index in [2.05, 4.69) is 6.92 Å². The first-order valence-electron chi connectivity index (χ1n) is 7.17. The molecule has 3 aliphatic rings. The van der Waals surface area contributed by atoms with E-state index in [1.807, 2.05) is 11.8 Å². The van der Waals surface area contributed by atoms with Crippen LogP contribution in [0.4, 0.5) is 0 Å². The Morgan fingerprint density at radius 2 is 2.26 bits per heavy atom. The average Bonchev–Trinajstić information content (AvgIpc) is 2.50. The Morgan fingerprint density at radius 1 is 1.47 bits per heavy atom. The molecule has 3 rings (SSSR count). The second-order valence-corrected chi connectivity index (χ2v) is 7.32. The first-order chi connectivity index (χ1) is 8.99. The summed E-state index contributed by atoms with van der Waals surface area (Å²) < 4.78 is 11.6. The molecule has 5 heteroatoms. The van der Waals surface area contributed by atoms with Crippen LogP contribution in [0.5, 0.6) is 0 Å². The van der Waals surface area contributed by atoms with Crippen LogP contribution in [0.3, 0.4) is 0 Å². The number of carbonyl (C=O) groups is 1. The summed E-state index contributed by atoms with van der Waals surface area (Å²) in [4.78, 5) is 12.2. The Morgan fingerprint density at radius 3 is 3.00 bits per heavy atom. The SMILES string of the molecule is CCCCSC[C@@H]1[C@H]2O[C@@]3(C)CC(=O)[C@@H]1C[C@]3(O)O2. The number of ether oxygens (including phenoxy) is 2. The fraction of sp³-hybridized carbons (Fsp3) is 0.929. The molecule has 0 aromatic carbocycles. The van der Waals surface area contributed by atoms with E-state index in [0.717, 1.165) is 11.5 Å². The van der Waals surface area contributed by atoms with Gasteiger partial charge < -0.3 is 14.6 Å². The molecule has 0 amide bonds. The lowest BCUT2D eigenvalue weighted by atomic mass is 9.70. The Hall–Kier alpha value is -0.100. The minimum Gasteiger partial charge on any atom is -0.363 e. The van der Waals surface area contributed by atoms with Gasteiger partial charge in [-0.2, -0.15) is 11.8 Å². The Labute approximate surface area is 118 Å². The summed E-state index contributed by atoms with van der Waals surface area (Å²) in [5, 5.41) is 10.5. The van der Waals surface area contributed by atoms with E-state index in [-0.39, 0.29) is 24.0 Å². The van der Waals surface area contributed by atoms with Crippen molar-refractivity contribution in [1.82, 2.24) is 0 Å². The third-order valence-corrected chi connectivity index (χ3v) is 5.95. The number of thioether (sulfide) groups is 1. The molecule has 0 unspecified atom stereocenters. The van der Waals surface area contributed by atoms with Crippen molar-refractivity contribution in [2.75, 3.05) is 11.5 Å². The topological polar surface area (TPSA) is 55.8 Å². The molecule has 1 aliphatic carbocycles. The summed E-state index contributed by atoms with van der Waals surface area (Å²) in [5.74, 6) is 0.988. The van der Waals surface area contributed by atoms with Gasteiger partial charge in [0.05, 0.1) is 0 Å². The van der Waals surface area contributed by atoms with Crippen molar-refractivity contribution in [3.63, 3.8) is 0 Å². The van der Waals surface area contributed by atoms with Gasteiger partial charge >= 0.3 is 0 Å². The number of unbranched alkanes of at least 4 members (excludes halogenated alkanes) is 1. The third kappa shape index (κ3) is 2.06. The lowest BCUT2D eigenvalue weighted by molar-refractivity contribution is -0.266. The molecule has 0 aromatic heterocycles. The van der Waals surface area contributed by atoms with Gasteiger partial charge in [-0.3, -0.25) is 4.79 Å². The normalized spacial score (nSPS) is 47.9. The average molecular weight is 286 g/mol. The molecule has 2 saturated heterocycles. The standard InChI is InChI=1S/C14H22O4S/c1-3-4-5-19-8-10-9-6-14(16)13(2,7-11(9)15)17-12(10)18-14/h9-10,12,16H,3-8H2,1-2H3/t9-,10+,12+,13+,14+/m1/s1. The maximum Gasteiger partial charge on any atom is 0.198 e. The van der Waals surface area contributed by atoms with E-state index < -0.39 is 17.7 Å². The highest BCUT2D eigenvalue weighted by Crippen LogP contribution is 2.56. The number of ketones is 1. The molecule has 19 heavy (non-hydrogen) atoms. The maximum atomic E-state index is 12.2. The molecule has 1 saturated carbocycles. The molecule has 1 N–H and O–H groups in total. The van der Waals surface area contributed by atoms with E-state index in [1.165, 1.54) is 12.8 Å². The Balaban J connectivity index is 1.72. The van der Waals surface area contributed by atoms with Gasteiger partial charge in [0.25, 0.3) is 0 Å². The molecule has 4 nitrogen and oxygen atoms in total. The predicted molar refractivity (Wildman–Crippen MR) is 72.8 cm³/mol. The highest BCUT2D eigenvalue weighted by molar-refractivity contribution is 7.99. The smallest absolute Gasteiger partial charge is 0.198 e. The van der Waals surface area contributed by atoms with Crippen LogP contribution >= 0.6 is 11.8 Å². The lowest BCUT2D eigenvalue weighted by Gasteiger charge is -2.45. The predicted octanol–water partition coefficient (Wildman–Crippen LogP) is 1.95. The second-order valence-electron chi connectivity index (χ2n) is 6.17. The molecule has 0 radical (unpaired) electrons. The summed E-state index contributed by atoms with van der Waals surface area (Å²) in [6, 6.07) is 0. The monoisotopic (exact) mass is 286 g/mol. The van der Waals surface area contributed by atoms with Crippen LogP contribution in [0.1, 0.15) is 39.5 Å². The number of carbonyl (C=O) groups excluding carboxylic acids is 1. The molecule has 3 fully saturated rings. The van der Waals surface area contributed by atoms with Crippen molar-refractivity contribution in [1.29, 1.82) is 0 Å². The van der Waals surface area contributed by atoms with Crippen molar-refractivity contribution in [3.8, 4) is 0 Å². The summed E-state index contributed by atoms with van der Waals surface area (Å²) >= 11 is 1.87. The minimum absolute atomic E-state index is 0.0894. The first kappa shape index (κ1) is 13.9. The summed E-state index contributed by atoms with van der Waals surface area (Å²) in [7, 11) is 0. The third-order valence-electron chi connectivity index (χ3n) is 4.75. The highest BCUT2D eigenvalue weighted by Gasteiger charge is 2.69. The molecule has 108 valence electrons. The van der Waals surface area contributed by atoms with Crippen molar-refractivity contribution < 1.29 is 19.4 Å². The van der Waals surface area contributed by atoms with Crippen LogP contribution < -0.4 is 0 Å². The Kier molecular flexibility index (Phi) is 3.45. The highest BCUT2D eigenvalue weighted by atomic mass is 32.2. The number of hydrogen-bond donors (Lipinski definition) is 1. The second kappa shape index (κ2) is 4.72. The van der Waals surface area contributed by atoms with E-state index >= 15 is 0 Å². The van der Waals surface area contributed by atoms with Crippen LogP contribution in [0.2, 0.25) is 0 Å². The molecule has 5 atom stereocenters. The zero-order valence-electron chi connectivity index (χ0n) is 11.6. The van der Waals surface area contributed by atoms with Crippen LogP contribution in [0, 0.1) is 11.8 Å². The van der Waals surface area contributed by atoms with Gasteiger partial charge in [-0.1, -0.05) is 13.3 Å². The fourth-order valence-electron chi connectivity index (χ4n) is 3.42. The van der Waals surface area contributed by atoms with Crippen molar-refractivity contribution >= 4 is 17.5 Å². The zero-order valence-corrected chi connectivity index (χ0v) is 12.4. The van der Waals surface area contributed by atoms with Gasteiger partial charge in [0.15, 0.2) is 12.1 Å². The van der Waals surface area contributed by atoms with Gasteiger partial charge in [-0.25, -0.2) is 0 Å². The first-order valence-corrected chi connectivity index (χ1v) is 8.33. The number of Topliss-reactive ketones (excluding diaryl/α,β-unsaturated/α-hetero) is 1. The molecular formula is C14H22O4S. The van der Waals surface area contributed by atoms with Gasteiger partial charge in [-0.15, -0.1) is 0 Å². The minimum atomic E-state index is -1.25. The maximum absolute atomic E-state index is 12.2. The van der Waals surface area contributed by atoms with Crippen LogP contribution in [-0.4, -0.2) is 40.1 Å². The van der Waals surface area contributed by atoms with E-state index in [0.29, 0.717) is 6.42 Å².